The van der Waals surface area contributed by atoms with E-state index in [1.54, 1.807) is 12.0 Å². The molecule has 3 rings (SSSR count). The second kappa shape index (κ2) is 7.44. The van der Waals surface area contributed by atoms with Crippen LogP contribution in [0.25, 0.3) is 10.9 Å². The first-order chi connectivity index (χ1) is 12.5. The van der Waals surface area contributed by atoms with Crippen molar-refractivity contribution in [3.05, 3.63) is 65.4 Å². The summed E-state index contributed by atoms with van der Waals surface area (Å²) in [6.45, 7) is 4.53. The second-order valence-electron chi connectivity index (χ2n) is 6.17. The largest absolute Gasteiger partial charge is 0.497 e. The maximum atomic E-state index is 12.9. The Hall–Kier alpha value is -3.08. The zero-order valence-corrected chi connectivity index (χ0v) is 15.2. The van der Waals surface area contributed by atoms with Gasteiger partial charge in [-0.05, 0) is 37.6 Å². The Bertz CT molecular complexity index is 942. The molecule has 5 heteroatoms. The lowest BCUT2D eigenvalue weighted by molar-refractivity contribution is -0.126. The average Bonchev–Trinajstić information content (AvgIpc) is 3.01. The summed E-state index contributed by atoms with van der Waals surface area (Å²) in [5.74, 6) is -0.208. The minimum atomic E-state index is -0.490. The fourth-order valence-electron chi connectivity index (χ4n) is 3.10. The van der Waals surface area contributed by atoms with Crippen molar-refractivity contribution in [3.63, 3.8) is 0 Å². The molecule has 0 saturated carbocycles. The Morgan fingerprint density at radius 1 is 1.08 bits per heavy atom. The van der Waals surface area contributed by atoms with Crippen LogP contribution in [0.4, 0.5) is 0 Å². The van der Waals surface area contributed by atoms with Crippen molar-refractivity contribution in [2.75, 3.05) is 13.7 Å². The smallest absolute Gasteiger partial charge is 0.295 e. The highest BCUT2D eigenvalue weighted by Gasteiger charge is 2.26. The molecule has 1 heterocycles. The van der Waals surface area contributed by atoms with E-state index in [-0.39, 0.29) is 0 Å². The zero-order valence-electron chi connectivity index (χ0n) is 15.2. The summed E-state index contributed by atoms with van der Waals surface area (Å²) < 4.78 is 5.15. The number of para-hydroxylation sites is 1. The van der Waals surface area contributed by atoms with Crippen molar-refractivity contribution < 1.29 is 14.3 Å². The number of nitrogens with one attached hydrogen (secondary N) is 1. The number of carbonyl (C=O) groups is 2. The van der Waals surface area contributed by atoms with E-state index in [0.717, 1.165) is 22.2 Å². The molecule has 5 nitrogen and oxygen atoms in total. The molecular weight excluding hydrogens is 328 g/mol. The third kappa shape index (κ3) is 3.33. The first kappa shape index (κ1) is 17.7. The molecule has 0 aliphatic rings. The molecule has 1 amide bonds. The van der Waals surface area contributed by atoms with Gasteiger partial charge in [-0.25, -0.2) is 0 Å². The molecule has 1 N–H and O–H groups in total. The van der Waals surface area contributed by atoms with Gasteiger partial charge in [0.05, 0.1) is 12.7 Å². The van der Waals surface area contributed by atoms with Crippen LogP contribution in [0.1, 0.15) is 28.5 Å². The van der Waals surface area contributed by atoms with Crippen molar-refractivity contribution in [1.29, 1.82) is 0 Å². The van der Waals surface area contributed by atoms with Gasteiger partial charge in [0.15, 0.2) is 0 Å². The van der Waals surface area contributed by atoms with E-state index >= 15 is 0 Å². The minimum Gasteiger partial charge on any atom is -0.497 e. The highest BCUT2D eigenvalue weighted by molar-refractivity contribution is 6.45. The van der Waals surface area contributed by atoms with Gasteiger partial charge in [0.25, 0.3) is 11.7 Å². The predicted octanol–water partition coefficient (Wildman–Crippen LogP) is 3.72. The van der Waals surface area contributed by atoms with E-state index in [9.17, 15) is 9.59 Å². The van der Waals surface area contributed by atoms with Crippen LogP contribution in [0.5, 0.6) is 5.75 Å². The molecule has 0 unspecified atom stereocenters. The lowest BCUT2D eigenvalue weighted by Crippen LogP contribution is -2.36. The van der Waals surface area contributed by atoms with Gasteiger partial charge in [0.1, 0.15) is 5.75 Å². The Balaban J connectivity index is 1.85. The number of Topliss-reactive ketones (excluding diaryl/α,β-unsaturated/α-hetero) is 1. The molecule has 0 aliphatic carbocycles. The molecule has 26 heavy (non-hydrogen) atoms. The number of methoxy groups -OCH3 is 1. The number of amides is 1. The Morgan fingerprint density at radius 2 is 1.77 bits per heavy atom. The highest BCUT2D eigenvalue weighted by atomic mass is 16.5. The molecule has 0 bridgehead atoms. The van der Waals surface area contributed by atoms with E-state index < -0.39 is 11.7 Å². The third-order valence-electron chi connectivity index (χ3n) is 4.52. The van der Waals surface area contributed by atoms with Crippen molar-refractivity contribution in [2.45, 2.75) is 20.4 Å². The monoisotopic (exact) mass is 350 g/mol. The number of carbonyl (C=O) groups excluding carboxylic acids is 2. The third-order valence-corrected chi connectivity index (χ3v) is 4.52. The van der Waals surface area contributed by atoms with Gasteiger partial charge in [-0.15, -0.1) is 0 Å². The fraction of sp³-hybridized carbons (Fsp3) is 0.238. The van der Waals surface area contributed by atoms with E-state index in [2.05, 4.69) is 4.98 Å². The van der Waals surface area contributed by atoms with Gasteiger partial charge >= 0.3 is 0 Å². The van der Waals surface area contributed by atoms with Crippen LogP contribution in [0, 0.1) is 6.92 Å². The van der Waals surface area contributed by atoms with Crippen LogP contribution >= 0.6 is 0 Å². The van der Waals surface area contributed by atoms with E-state index in [4.69, 9.17) is 4.74 Å². The van der Waals surface area contributed by atoms with Gasteiger partial charge in [-0.1, -0.05) is 30.3 Å². The van der Waals surface area contributed by atoms with E-state index in [1.807, 2.05) is 62.4 Å². The molecule has 3 aromatic rings. The number of nitrogens with zero attached hydrogens (tertiary/aromatic N) is 1. The van der Waals surface area contributed by atoms with Gasteiger partial charge in [0.2, 0.25) is 0 Å². The van der Waals surface area contributed by atoms with E-state index in [0.29, 0.717) is 24.3 Å². The van der Waals surface area contributed by atoms with Gasteiger partial charge in [-0.3, -0.25) is 9.59 Å². The minimum absolute atomic E-state index is 0.381. The Kier molecular flexibility index (Phi) is 5.07. The molecule has 0 atom stereocenters. The standard InChI is InChI=1S/C21H22N2O3/c1-4-23(13-15-9-11-16(26-3)12-10-15)21(25)20(24)19-14(2)22-18-8-6-5-7-17(18)19/h5-12,22H,4,13H2,1-3H3. The summed E-state index contributed by atoms with van der Waals surface area (Å²) in [7, 11) is 1.61. The second-order valence-corrected chi connectivity index (χ2v) is 6.17. The summed E-state index contributed by atoms with van der Waals surface area (Å²) in [6.07, 6.45) is 0. The molecule has 0 spiro atoms. The molecule has 0 aliphatic heterocycles. The lowest BCUT2D eigenvalue weighted by Gasteiger charge is -2.20. The maximum absolute atomic E-state index is 12.9. The zero-order chi connectivity index (χ0) is 18.7. The molecule has 0 fully saturated rings. The first-order valence-electron chi connectivity index (χ1n) is 8.59. The number of likely N-dealkylation sites (N-methyl/N-ethyl adjacent to an activating group) is 1. The SMILES string of the molecule is CCN(Cc1ccc(OC)cc1)C(=O)C(=O)c1c(C)[nH]c2ccccc12. The molecular formula is C21H22N2O3. The van der Waals surface area contributed by atoms with Crippen LogP contribution in [0.2, 0.25) is 0 Å². The van der Waals surface area contributed by atoms with Crippen LogP contribution < -0.4 is 4.74 Å². The number of benzene rings is 2. The number of hydrogen-bond donors (Lipinski definition) is 1. The quantitative estimate of drug-likeness (QED) is 0.544. The molecule has 0 saturated heterocycles. The average molecular weight is 350 g/mol. The normalized spacial score (nSPS) is 10.7. The van der Waals surface area contributed by atoms with Gasteiger partial charge < -0.3 is 14.6 Å². The number of hydrogen-bond acceptors (Lipinski definition) is 3. The number of ether oxygens (including phenoxy) is 1. The lowest BCUT2D eigenvalue weighted by atomic mass is 10.1. The number of rotatable bonds is 6. The summed E-state index contributed by atoms with van der Waals surface area (Å²) in [5, 5.41) is 0.781. The Morgan fingerprint density at radius 3 is 2.42 bits per heavy atom. The summed E-state index contributed by atoms with van der Waals surface area (Å²) in [6, 6.07) is 15.0. The number of aromatic nitrogens is 1. The van der Waals surface area contributed by atoms with E-state index in [1.165, 1.54) is 0 Å². The first-order valence-corrected chi connectivity index (χ1v) is 8.59. The van der Waals surface area contributed by atoms with Crippen molar-refractivity contribution in [1.82, 2.24) is 9.88 Å². The predicted molar refractivity (Wildman–Crippen MR) is 101 cm³/mol. The number of aryl methyl sites for hydroxylation is 1. The number of H-pyrrole nitrogens is 1. The summed E-state index contributed by atoms with van der Waals surface area (Å²) >= 11 is 0. The maximum Gasteiger partial charge on any atom is 0.295 e. The van der Waals surface area contributed by atoms with Gasteiger partial charge in [0, 0.05) is 29.7 Å². The highest BCUT2D eigenvalue weighted by Crippen LogP contribution is 2.23. The molecule has 134 valence electrons. The number of fused-ring (bicyclic) bond motifs is 1. The topological polar surface area (TPSA) is 62.4 Å². The number of ketones is 1. The van der Waals surface area contributed by atoms with Gasteiger partial charge in [-0.2, -0.15) is 0 Å². The molecule has 1 aromatic heterocycles. The van der Waals surface area contributed by atoms with Crippen molar-refractivity contribution in [3.8, 4) is 5.75 Å². The Labute approximate surface area is 152 Å². The summed E-state index contributed by atoms with van der Waals surface area (Å²) in [4.78, 5) is 30.5. The summed E-state index contributed by atoms with van der Waals surface area (Å²) in [5.41, 5.74) is 2.98. The van der Waals surface area contributed by atoms with Crippen LogP contribution in [0.15, 0.2) is 48.5 Å². The molecule has 2 aromatic carbocycles. The molecule has 0 radical (unpaired) electrons. The number of aromatic amines is 1. The van der Waals surface area contributed by atoms with Crippen LogP contribution in [0.3, 0.4) is 0 Å². The fourth-order valence-corrected chi connectivity index (χ4v) is 3.10. The van der Waals surface area contributed by atoms with Crippen LogP contribution in [-0.4, -0.2) is 35.2 Å². The van der Waals surface area contributed by atoms with Crippen molar-refractivity contribution in [2.24, 2.45) is 0 Å². The van der Waals surface area contributed by atoms with Crippen LogP contribution in [-0.2, 0) is 11.3 Å². The van der Waals surface area contributed by atoms with Crippen molar-refractivity contribution >= 4 is 22.6 Å².